The van der Waals surface area contributed by atoms with Crippen molar-refractivity contribution in [2.45, 2.75) is 32.0 Å². The molecule has 2 rings (SSSR count). The number of pyridine rings is 1. The Morgan fingerprint density at radius 3 is 2.80 bits per heavy atom. The van der Waals surface area contributed by atoms with E-state index >= 15 is 0 Å². The molecule has 0 aliphatic carbocycles. The summed E-state index contributed by atoms with van der Waals surface area (Å²) in [6.45, 7) is 2.10. The van der Waals surface area contributed by atoms with E-state index in [2.05, 4.69) is 4.98 Å². The summed E-state index contributed by atoms with van der Waals surface area (Å²) in [5.41, 5.74) is -0.987. The number of rotatable bonds is 3. The average molecular weight is 289 g/mol. The van der Waals surface area contributed by atoms with Crippen LogP contribution in [-0.2, 0) is 15.7 Å². The van der Waals surface area contributed by atoms with Crippen molar-refractivity contribution in [3.8, 4) is 0 Å². The van der Waals surface area contributed by atoms with Crippen LogP contribution < -0.4 is 0 Å². The van der Waals surface area contributed by atoms with E-state index < -0.39 is 17.8 Å². The summed E-state index contributed by atoms with van der Waals surface area (Å²) in [5.74, 6) is -0.681. The number of carbonyl (C=O) groups is 1. The molecule has 0 bridgehead atoms. The Morgan fingerprint density at radius 2 is 2.25 bits per heavy atom. The summed E-state index contributed by atoms with van der Waals surface area (Å²) in [6.07, 6.45) is -2.91. The summed E-state index contributed by atoms with van der Waals surface area (Å²) in [6, 6.07) is 1.86. The summed E-state index contributed by atoms with van der Waals surface area (Å²) >= 11 is 0. The fourth-order valence-corrected chi connectivity index (χ4v) is 1.96. The number of esters is 1. The second-order valence-corrected chi connectivity index (χ2v) is 4.56. The molecule has 1 aromatic heterocycles. The third-order valence-electron chi connectivity index (χ3n) is 3.02. The summed E-state index contributed by atoms with van der Waals surface area (Å²) in [7, 11) is 0. The Bertz CT molecular complexity index is 496. The van der Waals surface area contributed by atoms with E-state index in [0.717, 1.165) is 25.0 Å². The zero-order chi connectivity index (χ0) is 14.8. The molecule has 2 heterocycles. The molecule has 0 aromatic carbocycles. The number of ether oxygens (including phenoxy) is 2. The predicted octanol–water partition coefficient (Wildman–Crippen LogP) is 2.74. The maximum absolute atomic E-state index is 12.5. The average Bonchev–Trinajstić information content (AvgIpc) is 2.87. The van der Waals surface area contributed by atoms with Crippen LogP contribution >= 0.6 is 0 Å². The molecule has 110 valence electrons. The molecule has 1 unspecified atom stereocenters. The highest BCUT2D eigenvalue weighted by molar-refractivity contribution is 5.90. The lowest BCUT2D eigenvalue weighted by molar-refractivity contribution is -0.141. The van der Waals surface area contributed by atoms with Gasteiger partial charge in [0.15, 0.2) is 0 Å². The van der Waals surface area contributed by atoms with E-state index in [9.17, 15) is 18.0 Å². The van der Waals surface area contributed by atoms with Gasteiger partial charge in [-0.25, -0.2) is 9.78 Å². The van der Waals surface area contributed by atoms with Gasteiger partial charge in [0.05, 0.1) is 17.4 Å². The summed E-state index contributed by atoms with van der Waals surface area (Å²) < 4.78 is 47.7. The van der Waals surface area contributed by atoms with E-state index in [1.54, 1.807) is 0 Å². The highest BCUT2D eigenvalue weighted by atomic mass is 19.4. The van der Waals surface area contributed by atoms with Crippen molar-refractivity contribution in [2.24, 2.45) is 0 Å². The van der Waals surface area contributed by atoms with Crippen LogP contribution in [0.15, 0.2) is 12.1 Å². The number of carbonyl (C=O) groups excluding carboxylic acids is 1. The van der Waals surface area contributed by atoms with Crippen LogP contribution in [0.1, 0.15) is 34.6 Å². The smallest absolute Gasteiger partial charge is 0.433 e. The van der Waals surface area contributed by atoms with Gasteiger partial charge in [-0.05, 0) is 31.9 Å². The predicted molar refractivity (Wildman–Crippen MR) is 63.2 cm³/mol. The molecule has 1 saturated heterocycles. The van der Waals surface area contributed by atoms with Gasteiger partial charge >= 0.3 is 12.1 Å². The monoisotopic (exact) mass is 289 g/mol. The standard InChI is InChI=1S/C13H14F3NO3/c1-8-10(4-5-11(17-8)13(14,15)16)12(18)20-7-9-3-2-6-19-9/h4-5,9H,2-3,6-7H2,1H3. The number of aryl methyl sites for hydroxylation is 1. The molecule has 1 aliphatic rings. The van der Waals surface area contributed by atoms with Crippen LogP contribution in [0.3, 0.4) is 0 Å². The first-order chi connectivity index (χ1) is 9.38. The van der Waals surface area contributed by atoms with Gasteiger partial charge in [-0.3, -0.25) is 0 Å². The summed E-state index contributed by atoms with van der Waals surface area (Å²) in [4.78, 5) is 15.2. The zero-order valence-corrected chi connectivity index (χ0v) is 10.9. The topological polar surface area (TPSA) is 48.4 Å². The Morgan fingerprint density at radius 1 is 1.50 bits per heavy atom. The van der Waals surface area contributed by atoms with Crippen molar-refractivity contribution in [3.63, 3.8) is 0 Å². The van der Waals surface area contributed by atoms with Crippen LogP contribution in [0.4, 0.5) is 13.2 Å². The molecule has 0 amide bonds. The first kappa shape index (κ1) is 14.8. The van der Waals surface area contributed by atoms with E-state index in [-0.39, 0.29) is 24.0 Å². The molecule has 0 radical (unpaired) electrons. The number of halogens is 3. The van der Waals surface area contributed by atoms with Crippen molar-refractivity contribution in [1.29, 1.82) is 0 Å². The van der Waals surface area contributed by atoms with Gasteiger partial charge in [-0.2, -0.15) is 13.2 Å². The van der Waals surface area contributed by atoms with E-state index in [1.807, 2.05) is 0 Å². The zero-order valence-electron chi connectivity index (χ0n) is 10.9. The van der Waals surface area contributed by atoms with Gasteiger partial charge in [0.1, 0.15) is 12.3 Å². The Balaban J connectivity index is 2.02. The molecule has 0 saturated carbocycles. The number of nitrogens with zero attached hydrogens (tertiary/aromatic N) is 1. The number of hydrogen-bond donors (Lipinski definition) is 0. The van der Waals surface area contributed by atoms with E-state index in [4.69, 9.17) is 9.47 Å². The molecule has 1 fully saturated rings. The fourth-order valence-electron chi connectivity index (χ4n) is 1.96. The van der Waals surface area contributed by atoms with Crippen molar-refractivity contribution in [3.05, 3.63) is 29.1 Å². The normalized spacial score (nSPS) is 19.1. The van der Waals surface area contributed by atoms with Gasteiger partial charge in [0, 0.05) is 6.61 Å². The lowest BCUT2D eigenvalue weighted by Gasteiger charge is -2.12. The van der Waals surface area contributed by atoms with Crippen molar-refractivity contribution in [2.75, 3.05) is 13.2 Å². The van der Waals surface area contributed by atoms with Gasteiger partial charge in [-0.15, -0.1) is 0 Å². The lowest BCUT2D eigenvalue weighted by atomic mass is 10.2. The van der Waals surface area contributed by atoms with Crippen LogP contribution in [0.5, 0.6) is 0 Å². The molecule has 4 nitrogen and oxygen atoms in total. The van der Waals surface area contributed by atoms with Crippen molar-refractivity contribution >= 4 is 5.97 Å². The molecule has 7 heteroatoms. The Hall–Kier alpha value is -1.63. The minimum absolute atomic E-state index is 0.00262. The SMILES string of the molecule is Cc1nc(C(F)(F)F)ccc1C(=O)OCC1CCCO1. The highest BCUT2D eigenvalue weighted by Crippen LogP contribution is 2.28. The van der Waals surface area contributed by atoms with Crippen molar-refractivity contribution < 1.29 is 27.4 Å². The van der Waals surface area contributed by atoms with Crippen LogP contribution in [0.2, 0.25) is 0 Å². The van der Waals surface area contributed by atoms with Gasteiger partial charge in [0.2, 0.25) is 0 Å². The molecule has 20 heavy (non-hydrogen) atoms. The molecule has 1 aliphatic heterocycles. The number of alkyl halides is 3. The minimum Gasteiger partial charge on any atom is -0.459 e. The summed E-state index contributed by atoms with van der Waals surface area (Å²) in [5, 5.41) is 0. The maximum Gasteiger partial charge on any atom is 0.433 e. The highest BCUT2D eigenvalue weighted by Gasteiger charge is 2.33. The second-order valence-electron chi connectivity index (χ2n) is 4.56. The molecular formula is C13H14F3NO3. The van der Waals surface area contributed by atoms with E-state index in [0.29, 0.717) is 6.61 Å². The quantitative estimate of drug-likeness (QED) is 0.803. The van der Waals surface area contributed by atoms with Gasteiger partial charge in [0.25, 0.3) is 0 Å². The molecule has 0 N–H and O–H groups in total. The molecule has 1 aromatic rings. The van der Waals surface area contributed by atoms with E-state index in [1.165, 1.54) is 6.92 Å². The maximum atomic E-state index is 12.5. The van der Waals surface area contributed by atoms with Gasteiger partial charge in [-0.1, -0.05) is 0 Å². The number of aromatic nitrogens is 1. The lowest BCUT2D eigenvalue weighted by Crippen LogP contribution is -2.19. The molecule has 1 atom stereocenters. The van der Waals surface area contributed by atoms with Crippen LogP contribution in [0.25, 0.3) is 0 Å². The fraction of sp³-hybridized carbons (Fsp3) is 0.538. The van der Waals surface area contributed by atoms with Crippen LogP contribution in [0, 0.1) is 6.92 Å². The molecular weight excluding hydrogens is 275 g/mol. The second kappa shape index (κ2) is 5.78. The van der Waals surface area contributed by atoms with Gasteiger partial charge < -0.3 is 9.47 Å². The van der Waals surface area contributed by atoms with Crippen molar-refractivity contribution in [1.82, 2.24) is 4.98 Å². The molecule has 0 spiro atoms. The first-order valence-corrected chi connectivity index (χ1v) is 6.21. The number of hydrogen-bond acceptors (Lipinski definition) is 4. The third kappa shape index (κ3) is 3.47. The third-order valence-corrected chi connectivity index (χ3v) is 3.02. The first-order valence-electron chi connectivity index (χ1n) is 6.21. The Kier molecular flexibility index (Phi) is 4.27. The van der Waals surface area contributed by atoms with Crippen LogP contribution in [-0.4, -0.2) is 30.3 Å². The Labute approximate surface area is 113 Å². The largest absolute Gasteiger partial charge is 0.459 e. The minimum atomic E-state index is -4.52.